The zero-order valence-electron chi connectivity index (χ0n) is 12.7. The fourth-order valence-corrected chi connectivity index (χ4v) is 2.01. The molecule has 0 radical (unpaired) electrons. The molecule has 1 N–H and O–H groups in total. The Morgan fingerprint density at radius 1 is 1.24 bits per heavy atom. The van der Waals surface area contributed by atoms with Gasteiger partial charge in [-0.05, 0) is 36.2 Å². The van der Waals surface area contributed by atoms with E-state index >= 15 is 0 Å². The molecular formula is C17H21ClN2O. The molecule has 0 unspecified atom stereocenters. The van der Waals surface area contributed by atoms with Gasteiger partial charge in [0.1, 0.15) is 12.4 Å². The molecule has 0 aliphatic carbocycles. The zero-order chi connectivity index (χ0) is 15.2. The van der Waals surface area contributed by atoms with Gasteiger partial charge in [0.05, 0.1) is 10.7 Å². The first-order valence-electron chi connectivity index (χ1n) is 7.11. The van der Waals surface area contributed by atoms with Gasteiger partial charge in [-0.15, -0.1) is 0 Å². The minimum atomic E-state index is 0.418. The smallest absolute Gasteiger partial charge is 0.138 e. The first kappa shape index (κ1) is 15.8. The van der Waals surface area contributed by atoms with Crippen LogP contribution in [0.15, 0.2) is 36.5 Å². The molecule has 0 amide bonds. The number of pyridine rings is 1. The summed E-state index contributed by atoms with van der Waals surface area (Å²) in [6.07, 6.45) is 1.88. The molecule has 0 aliphatic rings. The molecular weight excluding hydrogens is 284 g/mol. The van der Waals surface area contributed by atoms with Crippen LogP contribution in [-0.4, -0.2) is 11.0 Å². The SMILES string of the molecule is Cc1ccc(Cl)c(OCc2ccc(CNC(C)C)cn2)c1. The monoisotopic (exact) mass is 304 g/mol. The summed E-state index contributed by atoms with van der Waals surface area (Å²) in [6, 6.07) is 10.3. The van der Waals surface area contributed by atoms with Gasteiger partial charge in [0, 0.05) is 18.8 Å². The average molecular weight is 305 g/mol. The number of nitrogens with zero attached hydrogens (tertiary/aromatic N) is 1. The third-order valence-corrected chi connectivity index (χ3v) is 3.37. The van der Waals surface area contributed by atoms with E-state index in [9.17, 15) is 0 Å². The maximum absolute atomic E-state index is 6.10. The molecule has 1 heterocycles. The Balaban J connectivity index is 1.93. The predicted molar refractivity (Wildman–Crippen MR) is 86.7 cm³/mol. The molecule has 0 spiro atoms. The van der Waals surface area contributed by atoms with Crippen LogP contribution in [0.25, 0.3) is 0 Å². The molecule has 21 heavy (non-hydrogen) atoms. The highest BCUT2D eigenvalue weighted by Gasteiger charge is 2.03. The van der Waals surface area contributed by atoms with E-state index in [0.717, 1.165) is 17.8 Å². The van der Waals surface area contributed by atoms with E-state index in [4.69, 9.17) is 16.3 Å². The lowest BCUT2D eigenvalue weighted by Crippen LogP contribution is -2.21. The third kappa shape index (κ3) is 5.03. The number of aryl methyl sites for hydroxylation is 1. The fraction of sp³-hybridized carbons (Fsp3) is 0.353. The highest BCUT2D eigenvalue weighted by atomic mass is 35.5. The number of hydrogen-bond donors (Lipinski definition) is 1. The number of aromatic nitrogens is 1. The second kappa shape index (κ2) is 7.43. The Hall–Kier alpha value is -1.58. The molecule has 2 aromatic rings. The first-order chi connectivity index (χ1) is 10.0. The van der Waals surface area contributed by atoms with Crippen LogP contribution in [0.5, 0.6) is 5.75 Å². The van der Waals surface area contributed by atoms with Gasteiger partial charge in [0.15, 0.2) is 0 Å². The van der Waals surface area contributed by atoms with E-state index in [1.165, 1.54) is 5.56 Å². The van der Waals surface area contributed by atoms with Crippen LogP contribution >= 0.6 is 11.6 Å². The van der Waals surface area contributed by atoms with Crippen LogP contribution in [0.3, 0.4) is 0 Å². The highest BCUT2D eigenvalue weighted by molar-refractivity contribution is 6.32. The summed E-state index contributed by atoms with van der Waals surface area (Å²) in [5.41, 5.74) is 3.18. The summed E-state index contributed by atoms with van der Waals surface area (Å²) in [4.78, 5) is 4.42. The van der Waals surface area contributed by atoms with Crippen molar-refractivity contribution in [3.63, 3.8) is 0 Å². The lowest BCUT2D eigenvalue weighted by atomic mass is 10.2. The lowest BCUT2D eigenvalue weighted by Gasteiger charge is -2.10. The maximum atomic E-state index is 6.10. The number of benzene rings is 1. The summed E-state index contributed by atoms with van der Waals surface area (Å²) in [7, 11) is 0. The molecule has 1 aromatic carbocycles. The number of hydrogen-bond acceptors (Lipinski definition) is 3. The number of halogens is 1. The number of nitrogens with one attached hydrogen (secondary N) is 1. The second-order valence-corrected chi connectivity index (χ2v) is 5.82. The first-order valence-corrected chi connectivity index (χ1v) is 7.48. The van der Waals surface area contributed by atoms with Crippen molar-refractivity contribution in [3.05, 3.63) is 58.4 Å². The fourth-order valence-electron chi connectivity index (χ4n) is 1.84. The van der Waals surface area contributed by atoms with Crippen molar-refractivity contribution in [3.8, 4) is 5.75 Å². The van der Waals surface area contributed by atoms with Gasteiger partial charge in [-0.1, -0.05) is 37.6 Å². The van der Waals surface area contributed by atoms with Crippen molar-refractivity contribution in [2.75, 3.05) is 0 Å². The van der Waals surface area contributed by atoms with Crippen LogP contribution in [0, 0.1) is 6.92 Å². The third-order valence-electron chi connectivity index (χ3n) is 3.06. The predicted octanol–water partition coefficient (Wildman–Crippen LogP) is 4.12. The Morgan fingerprint density at radius 2 is 2.05 bits per heavy atom. The van der Waals surface area contributed by atoms with E-state index in [-0.39, 0.29) is 0 Å². The van der Waals surface area contributed by atoms with Gasteiger partial charge in [-0.2, -0.15) is 0 Å². The van der Waals surface area contributed by atoms with E-state index in [2.05, 4.69) is 30.2 Å². The van der Waals surface area contributed by atoms with Crippen molar-refractivity contribution in [2.24, 2.45) is 0 Å². The van der Waals surface area contributed by atoms with Crippen LogP contribution < -0.4 is 10.1 Å². The normalized spacial score (nSPS) is 10.9. The van der Waals surface area contributed by atoms with E-state index in [1.807, 2.05) is 37.4 Å². The number of ether oxygens (including phenoxy) is 1. The van der Waals surface area contributed by atoms with Gasteiger partial charge >= 0.3 is 0 Å². The summed E-state index contributed by atoms with van der Waals surface area (Å²) in [6.45, 7) is 7.51. The van der Waals surface area contributed by atoms with Crippen LogP contribution in [0.2, 0.25) is 5.02 Å². The summed E-state index contributed by atoms with van der Waals surface area (Å²) in [5, 5.41) is 3.99. The molecule has 0 fully saturated rings. The van der Waals surface area contributed by atoms with E-state index in [0.29, 0.717) is 23.4 Å². The van der Waals surface area contributed by atoms with Crippen LogP contribution in [-0.2, 0) is 13.2 Å². The molecule has 4 heteroatoms. The standard InChI is InChI=1S/C17H21ClN2O/c1-12(2)19-9-14-5-6-15(20-10-14)11-21-17-8-13(3)4-7-16(17)18/h4-8,10,12,19H,9,11H2,1-3H3. The minimum Gasteiger partial charge on any atom is -0.486 e. The molecule has 112 valence electrons. The topological polar surface area (TPSA) is 34.1 Å². The lowest BCUT2D eigenvalue weighted by molar-refractivity contribution is 0.301. The van der Waals surface area contributed by atoms with Gasteiger partial charge in [0.2, 0.25) is 0 Å². The molecule has 0 bridgehead atoms. The van der Waals surface area contributed by atoms with Crippen molar-refractivity contribution in [1.82, 2.24) is 10.3 Å². The quantitative estimate of drug-likeness (QED) is 0.871. The molecule has 2 rings (SSSR count). The maximum Gasteiger partial charge on any atom is 0.138 e. The van der Waals surface area contributed by atoms with Crippen molar-refractivity contribution >= 4 is 11.6 Å². The van der Waals surface area contributed by atoms with E-state index < -0.39 is 0 Å². The van der Waals surface area contributed by atoms with Gasteiger partial charge in [-0.25, -0.2) is 0 Å². The Morgan fingerprint density at radius 3 is 2.71 bits per heavy atom. The number of rotatable bonds is 6. The summed E-state index contributed by atoms with van der Waals surface area (Å²) in [5.74, 6) is 0.698. The zero-order valence-corrected chi connectivity index (χ0v) is 13.4. The Labute approximate surface area is 131 Å². The minimum absolute atomic E-state index is 0.418. The summed E-state index contributed by atoms with van der Waals surface area (Å²) < 4.78 is 5.73. The van der Waals surface area contributed by atoms with E-state index in [1.54, 1.807) is 0 Å². The molecule has 0 atom stereocenters. The van der Waals surface area contributed by atoms with Crippen LogP contribution in [0.4, 0.5) is 0 Å². The average Bonchev–Trinajstić information content (AvgIpc) is 2.47. The molecule has 3 nitrogen and oxygen atoms in total. The van der Waals surface area contributed by atoms with Gasteiger partial charge in [0.25, 0.3) is 0 Å². The Kier molecular flexibility index (Phi) is 5.59. The molecule has 0 saturated carbocycles. The van der Waals surface area contributed by atoms with Crippen LogP contribution in [0.1, 0.15) is 30.7 Å². The summed E-state index contributed by atoms with van der Waals surface area (Å²) >= 11 is 6.10. The second-order valence-electron chi connectivity index (χ2n) is 5.42. The van der Waals surface area contributed by atoms with Crippen molar-refractivity contribution < 1.29 is 4.74 Å². The van der Waals surface area contributed by atoms with Crippen molar-refractivity contribution in [2.45, 2.75) is 40.0 Å². The Bertz CT molecular complexity index is 582. The highest BCUT2D eigenvalue weighted by Crippen LogP contribution is 2.25. The van der Waals surface area contributed by atoms with Crippen molar-refractivity contribution in [1.29, 1.82) is 0 Å². The molecule has 0 saturated heterocycles. The van der Waals surface area contributed by atoms with Gasteiger partial charge < -0.3 is 10.1 Å². The largest absolute Gasteiger partial charge is 0.486 e. The van der Waals surface area contributed by atoms with Gasteiger partial charge in [-0.3, -0.25) is 4.98 Å². The molecule has 0 aliphatic heterocycles. The molecule has 1 aromatic heterocycles.